The highest BCUT2D eigenvalue weighted by Crippen LogP contribution is 2.36. The monoisotopic (exact) mass is 477 g/mol. The normalized spacial score (nSPS) is 14.9. The van der Waals surface area contributed by atoms with Gasteiger partial charge in [0, 0.05) is 13.2 Å². The molecule has 1 unspecified atom stereocenters. The third kappa shape index (κ3) is 4.22. The maximum atomic E-state index is 13.2. The number of aryl methyl sites for hydroxylation is 2. The Morgan fingerprint density at radius 3 is 2.56 bits per heavy atom. The van der Waals surface area contributed by atoms with Crippen LogP contribution >= 0.6 is 12.2 Å². The number of nitrogens with one attached hydrogen (secondary N) is 1. The first kappa shape index (κ1) is 22.3. The number of phenols is 2. The third-order valence-corrected chi connectivity index (χ3v) is 6.66. The second-order valence-corrected chi connectivity index (χ2v) is 8.92. The Kier molecular flexibility index (Phi) is 5.93. The largest absolute Gasteiger partial charge is 0.508 e. The van der Waals surface area contributed by atoms with Gasteiger partial charge >= 0.3 is 0 Å². The molecule has 0 saturated carbocycles. The van der Waals surface area contributed by atoms with Crippen molar-refractivity contribution in [3.8, 4) is 28.6 Å². The lowest BCUT2D eigenvalue weighted by molar-refractivity contribution is 0.112. The van der Waals surface area contributed by atoms with E-state index >= 15 is 0 Å². The fraction of sp³-hybridized carbons (Fsp3) is 0.231. The van der Waals surface area contributed by atoms with E-state index in [0.29, 0.717) is 34.6 Å². The topological polar surface area (TPSA) is 83.3 Å². The van der Waals surface area contributed by atoms with Gasteiger partial charge in [-0.2, -0.15) is 5.10 Å². The van der Waals surface area contributed by atoms with Crippen LogP contribution in [0.3, 0.4) is 0 Å². The van der Waals surface area contributed by atoms with Gasteiger partial charge in [0.25, 0.3) is 0 Å². The Labute approximate surface area is 201 Å². The van der Waals surface area contributed by atoms with Gasteiger partial charge in [-0.05, 0) is 90.5 Å². The number of aromatic amines is 1. The van der Waals surface area contributed by atoms with Crippen molar-refractivity contribution in [1.82, 2.24) is 14.8 Å². The summed E-state index contributed by atoms with van der Waals surface area (Å²) in [6.07, 6.45) is 3.00. The van der Waals surface area contributed by atoms with E-state index in [-0.39, 0.29) is 23.4 Å². The first-order valence-electron chi connectivity index (χ1n) is 11.0. The van der Waals surface area contributed by atoms with Gasteiger partial charge in [0.15, 0.2) is 10.6 Å². The van der Waals surface area contributed by atoms with Crippen LogP contribution in [-0.2, 0) is 30.4 Å². The van der Waals surface area contributed by atoms with Crippen molar-refractivity contribution in [2.75, 3.05) is 7.11 Å². The minimum atomic E-state index is -0.286. The summed E-state index contributed by atoms with van der Waals surface area (Å²) in [6.45, 7) is 0. The van der Waals surface area contributed by atoms with Crippen molar-refractivity contribution < 1.29 is 19.3 Å². The van der Waals surface area contributed by atoms with Crippen LogP contribution in [0.5, 0.6) is 11.5 Å². The molecule has 0 fully saturated rings. The van der Waals surface area contributed by atoms with Crippen LogP contribution in [0, 0.1) is 10.6 Å². The molecule has 0 saturated heterocycles. The number of benzene rings is 3. The molecule has 1 aliphatic carbocycles. The van der Waals surface area contributed by atoms with E-state index in [1.807, 2.05) is 6.07 Å². The van der Waals surface area contributed by atoms with Crippen molar-refractivity contribution in [3.05, 3.63) is 87.4 Å². The van der Waals surface area contributed by atoms with E-state index in [1.165, 1.54) is 29.3 Å². The van der Waals surface area contributed by atoms with E-state index in [4.69, 9.17) is 17.0 Å². The zero-order valence-corrected chi connectivity index (χ0v) is 19.4. The number of halogens is 1. The van der Waals surface area contributed by atoms with Crippen LogP contribution in [0.2, 0.25) is 0 Å². The van der Waals surface area contributed by atoms with Crippen LogP contribution in [-0.4, -0.2) is 38.2 Å². The van der Waals surface area contributed by atoms with Gasteiger partial charge in [0.2, 0.25) is 0 Å². The van der Waals surface area contributed by atoms with E-state index in [1.54, 1.807) is 29.9 Å². The summed E-state index contributed by atoms with van der Waals surface area (Å²) >= 11 is 5.51. The minimum absolute atomic E-state index is 0.00724. The lowest BCUT2D eigenvalue weighted by Gasteiger charge is -2.13. The standard InChI is InChI=1S/C26H24FN3O3S/c1-33-21-11-16-6-9-20(10-18(16)12-21)30-25(28-29-26(30)34)22-13-17(23(31)14-24(22)32)5-2-15-3-7-19(27)8-4-15/h3-4,6-10,13-14,21,31-32H,2,5,11-12H2,1H3,(H,29,34). The fourth-order valence-corrected chi connectivity index (χ4v) is 4.76. The van der Waals surface area contributed by atoms with Gasteiger partial charge in [-0.1, -0.05) is 18.2 Å². The zero-order chi connectivity index (χ0) is 23.8. The number of hydrogen-bond donors (Lipinski definition) is 3. The number of fused-ring (bicyclic) bond motifs is 1. The smallest absolute Gasteiger partial charge is 0.200 e. The average Bonchev–Trinajstić information content (AvgIpc) is 3.42. The highest BCUT2D eigenvalue weighted by Gasteiger charge is 2.23. The number of H-pyrrole nitrogens is 1. The molecule has 0 radical (unpaired) electrons. The van der Waals surface area contributed by atoms with Gasteiger partial charge in [-0.25, -0.2) is 4.39 Å². The average molecular weight is 478 g/mol. The van der Waals surface area contributed by atoms with Crippen LogP contribution < -0.4 is 0 Å². The maximum absolute atomic E-state index is 13.2. The van der Waals surface area contributed by atoms with Crippen molar-refractivity contribution in [3.63, 3.8) is 0 Å². The summed E-state index contributed by atoms with van der Waals surface area (Å²) < 4.78 is 20.9. The fourth-order valence-electron chi connectivity index (χ4n) is 4.52. The van der Waals surface area contributed by atoms with Gasteiger partial charge in [0.1, 0.15) is 17.3 Å². The lowest BCUT2D eigenvalue weighted by atomic mass is 10.0. The highest BCUT2D eigenvalue weighted by atomic mass is 32.1. The number of aromatic hydroxyl groups is 2. The SMILES string of the molecule is COC1Cc2ccc(-n3c(-c4cc(CCc5ccc(F)cc5)c(O)cc4O)n[nH]c3=S)cc2C1. The summed E-state index contributed by atoms with van der Waals surface area (Å²) in [7, 11) is 1.73. The Morgan fingerprint density at radius 1 is 1.03 bits per heavy atom. The maximum Gasteiger partial charge on any atom is 0.200 e. The van der Waals surface area contributed by atoms with Crippen LogP contribution in [0.25, 0.3) is 17.1 Å². The predicted octanol–water partition coefficient (Wildman–Crippen LogP) is 5.05. The molecule has 1 aliphatic rings. The molecule has 3 N–H and O–H groups in total. The molecule has 1 aromatic heterocycles. The first-order valence-corrected chi connectivity index (χ1v) is 11.5. The summed E-state index contributed by atoms with van der Waals surface area (Å²) in [6, 6.07) is 15.5. The van der Waals surface area contributed by atoms with E-state index in [9.17, 15) is 14.6 Å². The van der Waals surface area contributed by atoms with Crippen LogP contribution in [0.15, 0.2) is 54.6 Å². The minimum Gasteiger partial charge on any atom is -0.508 e. The zero-order valence-electron chi connectivity index (χ0n) is 18.6. The van der Waals surface area contributed by atoms with Gasteiger partial charge < -0.3 is 14.9 Å². The molecule has 8 heteroatoms. The number of ether oxygens (including phenoxy) is 1. The second-order valence-electron chi connectivity index (χ2n) is 8.53. The Morgan fingerprint density at radius 2 is 1.79 bits per heavy atom. The molecule has 1 atom stereocenters. The van der Waals surface area contributed by atoms with Gasteiger partial charge in [0.05, 0.1) is 17.4 Å². The van der Waals surface area contributed by atoms with Crippen LogP contribution in [0.4, 0.5) is 4.39 Å². The molecular weight excluding hydrogens is 453 g/mol. The molecule has 0 spiro atoms. The first-order chi connectivity index (χ1) is 16.4. The van der Waals surface area contributed by atoms with Crippen molar-refractivity contribution in [2.24, 2.45) is 0 Å². The van der Waals surface area contributed by atoms with E-state index < -0.39 is 0 Å². The molecule has 4 aromatic rings. The molecule has 1 heterocycles. The molecule has 0 aliphatic heterocycles. The number of phenolic OH excluding ortho intramolecular Hbond substituents is 2. The second kappa shape index (κ2) is 9.04. The van der Waals surface area contributed by atoms with Gasteiger partial charge in [-0.15, -0.1) is 0 Å². The molecule has 3 aromatic carbocycles. The van der Waals surface area contributed by atoms with Gasteiger partial charge in [-0.3, -0.25) is 9.67 Å². The molecule has 34 heavy (non-hydrogen) atoms. The Hall–Kier alpha value is -3.49. The Balaban J connectivity index is 1.50. The van der Waals surface area contributed by atoms with Crippen molar-refractivity contribution in [2.45, 2.75) is 31.8 Å². The molecule has 0 amide bonds. The molecular formula is C26H24FN3O3S. The molecule has 0 bridgehead atoms. The number of aromatic nitrogens is 3. The molecule has 5 rings (SSSR count). The summed E-state index contributed by atoms with van der Waals surface area (Å²) in [4.78, 5) is 0. The molecule has 6 nitrogen and oxygen atoms in total. The molecule has 174 valence electrons. The summed E-state index contributed by atoms with van der Waals surface area (Å²) in [5, 5.41) is 28.3. The number of rotatable bonds is 6. The summed E-state index contributed by atoms with van der Waals surface area (Å²) in [5.41, 5.74) is 5.34. The highest BCUT2D eigenvalue weighted by molar-refractivity contribution is 7.71. The quantitative estimate of drug-likeness (QED) is 0.339. The van der Waals surface area contributed by atoms with E-state index in [0.717, 1.165) is 24.1 Å². The van der Waals surface area contributed by atoms with Crippen LogP contribution in [0.1, 0.15) is 22.3 Å². The summed E-state index contributed by atoms with van der Waals surface area (Å²) in [5.74, 6) is 0.0588. The van der Waals surface area contributed by atoms with Crippen molar-refractivity contribution >= 4 is 12.2 Å². The lowest BCUT2D eigenvalue weighted by Crippen LogP contribution is -2.08. The van der Waals surface area contributed by atoms with E-state index in [2.05, 4.69) is 22.3 Å². The number of nitrogens with zero attached hydrogens (tertiary/aromatic N) is 2. The number of hydrogen-bond acceptors (Lipinski definition) is 5. The predicted molar refractivity (Wildman–Crippen MR) is 130 cm³/mol. The Bertz CT molecular complexity index is 1410. The van der Waals surface area contributed by atoms with Crippen molar-refractivity contribution in [1.29, 1.82) is 0 Å². The number of methoxy groups -OCH3 is 1. The third-order valence-electron chi connectivity index (χ3n) is 6.38.